The molecule has 1 aliphatic rings. The zero-order valence-electron chi connectivity index (χ0n) is 17.6. The summed E-state index contributed by atoms with van der Waals surface area (Å²) in [6, 6.07) is 7.65. The van der Waals surface area contributed by atoms with E-state index in [9.17, 15) is 22.4 Å². The number of sulfonamides is 1. The lowest BCUT2D eigenvalue weighted by Gasteiger charge is -2.26. The molecule has 1 aliphatic heterocycles. The van der Waals surface area contributed by atoms with Gasteiger partial charge in [-0.15, -0.1) is 0 Å². The van der Waals surface area contributed by atoms with Crippen molar-refractivity contribution in [2.45, 2.75) is 11.8 Å². The summed E-state index contributed by atoms with van der Waals surface area (Å²) in [5, 5.41) is 2.55. The van der Waals surface area contributed by atoms with E-state index < -0.39 is 34.1 Å². The molecule has 0 bridgehead atoms. The quantitative estimate of drug-likeness (QED) is 0.593. The van der Waals surface area contributed by atoms with Crippen molar-refractivity contribution >= 4 is 27.4 Å². The highest BCUT2D eigenvalue weighted by Crippen LogP contribution is 2.30. The topological polar surface area (TPSA) is 111 Å². The average molecular weight is 466 g/mol. The van der Waals surface area contributed by atoms with Crippen LogP contribution in [0.2, 0.25) is 0 Å². The highest BCUT2D eigenvalue weighted by Gasteiger charge is 2.29. The first kappa shape index (κ1) is 23.6. The number of carbonyl (C=O) groups is 2. The molecule has 172 valence electrons. The third-order valence-corrected chi connectivity index (χ3v) is 6.63. The Kier molecular flexibility index (Phi) is 7.44. The van der Waals surface area contributed by atoms with E-state index in [1.54, 1.807) is 0 Å². The molecule has 1 N–H and O–H groups in total. The standard InChI is InChI=1S/C21H23FN2O7S/c1-14(25)17-11-15(22)3-5-18(17)31-13-21(26)23-16-4-6-19(29-2)20(12-16)32(27,28)24-7-9-30-10-8-24/h3-6,11-12H,7-10,13H2,1-2H3,(H,23,26). The van der Waals surface area contributed by atoms with Crippen LogP contribution in [0.3, 0.4) is 0 Å². The highest BCUT2D eigenvalue weighted by molar-refractivity contribution is 7.89. The molecule has 11 heteroatoms. The van der Waals surface area contributed by atoms with Gasteiger partial charge < -0.3 is 19.5 Å². The van der Waals surface area contributed by atoms with Gasteiger partial charge in [-0.2, -0.15) is 4.31 Å². The van der Waals surface area contributed by atoms with Crippen molar-refractivity contribution in [3.8, 4) is 11.5 Å². The molecular formula is C21H23FN2O7S. The maximum Gasteiger partial charge on any atom is 0.262 e. The summed E-state index contributed by atoms with van der Waals surface area (Å²) >= 11 is 0. The van der Waals surface area contributed by atoms with Crippen LogP contribution in [0.1, 0.15) is 17.3 Å². The van der Waals surface area contributed by atoms with Crippen LogP contribution in [-0.4, -0.2) is 64.4 Å². The Balaban J connectivity index is 1.75. The van der Waals surface area contributed by atoms with E-state index in [0.717, 1.165) is 12.1 Å². The van der Waals surface area contributed by atoms with E-state index in [-0.39, 0.29) is 40.7 Å². The molecule has 0 atom stereocenters. The number of nitrogens with one attached hydrogen (secondary N) is 1. The van der Waals surface area contributed by atoms with Crippen LogP contribution in [0.4, 0.5) is 10.1 Å². The zero-order chi connectivity index (χ0) is 23.3. The normalized spacial score (nSPS) is 14.6. The Morgan fingerprint density at radius 1 is 1.12 bits per heavy atom. The van der Waals surface area contributed by atoms with Gasteiger partial charge in [-0.1, -0.05) is 0 Å². The van der Waals surface area contributed by atoms with Crippen LogP contribution in [0.25, 0.3) is 0 Å². The number of anilines is 1. The maximum absolute atomic E-state index is 13.4. The van der Waals surface area contributed by atoms with Gasteiger partial charge in [0.25, 0.3) is 5.91 Å². The molecule has 0 aliphatic carbocycles. The number of amides is 1. The zero-order valence-corrected chi connectivity index (χ0v) is 18.4. The predicted molar refractivity (Wildman–Crippen MR) is 113 cm³/mol. The van der Waals surface area contributed by atoms with Gasteiger partial charge in [-0.05, 0) is 43.3 Å². The fraction of sp³-hybridized carbons (Fsp3) is 0.333. The van der Waals surface area contributed by atoms with Crippen molar-refractivity contribution < 1.29 is 36.6 Å². The van der Waals surface area contributed by atoms with Gasteiger partial charge in [0.05, 0.1) is 25.9 Å². The van der Waals surface area contributed by atoms with Crippen LogP contribution in [-0.2, 0) is 19.6 Å². The minimum atomic E-state index is -3.86. The molecule has 2 aromatic carbocycles. The van der Waals surface area contributed by atoms with Crippen molar-refractivity contribution in [1.82, 2.24) is 4.31 Å². The lowest BCUT2D eigenvalue weighted by Crippen LogP contribution is -2.40. The van der Waals surface area contributed by atoms with E-state index in [1.807, 2.05) is 0 Å². The Hall–Kier alpha value is -3.02. The lowest BCUT2D eigenvalue weighted by molar-refractivity contribution is -0.118. The number of hydrogen-bond acceptors (Lipinski definition) is 7. The minimum Gasteiger partial charge on any atom is -0.495 e. The summed E-state index contributed by atoms with van der Waals surface area (Å²) in [7, 11) is -2.51. The summed E-state index contributed by atoms with van der Waals surface area (Å²) in [6.07, 6.45) is 0. The number of methoxy groups -OCH3 is 1. The molecule has 32 heavy (non-hydrogen) atoms. The molecule has 3 rings (SSSR count). The minimum absolute atomic E-state index is 0.0149. The van der Waals surface area contributed by atoms with Crippen LogP contribution in [0, 0.1) is 5.82 Å². The van der Waals surface area contributed by atoms with E-state index >= 15 is 0 Å². The van der Waals surface area contributed by atoms with Crippen LogP contribution in [0.5, 0.6) is 11.5 Å². The number of morpholine rings is 1. The number of nitrogens with zero attached hydrogens (tertiary/aromatic N) is 1. The van der Waals surface area contributed by atoms with E-state index in [2.05, 4.69) is 5.32 Å². The van der Waals surface area contributed by atoms with Crippen LogP contribution < -0.4 is 14.8 Å². The SMILES string of the molecule is COc1ccc(NC(=O)COc2ccc(F)cc2C(C)=O)cc1S(=O)(=O)N1CCOCC1. The van der Waals surface area contributed by atoms with Crippen molar-refractivity contribution in [2.75, 3.05) is 45.3 Å². The molecular weight excluding hydrogens is 443 g/mol. The van der Waals surface area contributed by atoms with Crippen molar-refractivity contribution in [3.05, 3.63) is 47.8 Å². The lowest BCUT2D eigenvalue weighted by atomic mass is 10.1. The molecule has 1 amide bonds. The second-order valence-electron chi connectivity index (χ2n) is 6.92. The van der Waals surface area contributed by atoms with Gasteiger partial charge in [0.15, 0.2) is 12.4 Å². The number of carbonyl (C=O) groups excluding carboxylic acids is 2. The third-order valence-electron chi connectivity index (χ3n) is 4.71. The monoisotopic (exact) mass is 466 g/mol. The number of benzene rings is 2. The van der Waals surface area contributed by atoms with E-state index in [0.29, 0.717) is 13.2 Å². The van der Waals surface area contributed by atoms with Gasteiger partial charge in [-0.25, -0.2) is 12.8 Å². The Labute approximate surface area is 185 Å². The van der Waals surface area contributed by atoms with Crippen molar-refractivity contribution in [2.24, 2.45) is 0 Å². The Bertz CT molecular complexity index is 1120. The number of ether oxygens (including phenoxy) is 3. The maximum atomic E-state index is 13.4. The fourth-order valence-electron chi connectivity index (χ4n) is 3.13. The molecule has 0 radical (unpaired) electrons. The molecule has 9 nitrogen and oxygen atoms in total. The first-order chi connectivity index (χ1) is 15.2. The molecule has 0 spiro atoms. The van der Waals surface area contributed by atoms with Gasteiger partial charge in [0, 0.05) is 18.8 Å². The smallest absolute Gasteiger partial charge is 0.262 e. The molecule has 1 heterocycles. The Morgan fingerprint density at radius 3 is 2.47 bits per heavy atom. The summed E-state index contributed by atoms with van der Waals surface area (Å²) in [5.41, 5.74) is 0.235. The van der Waals surface area contributed by atoms with Crippen molar-refractivity contribution in [1.29, 1.82) is 0 Å². The molecule has 2 aromatic rings. The Morgan fingerprint density at radius 2 is 1.81 bits per heavy atom. The molecule has 0 saturated carbocycles. The van der Waals surface area contributed by atoms with Gasteiger partial charge in [-0.3, -0.25) is 9.59 Å². The van der Waals surface area contributed by atoms with Crippen LogP contribution in [0.15, 0.2) is 41.3 Å². The fourth-order valence-corrected chi connectivity index (χ4v) is 4.72. The molecule has 1 saturated heterocycles. The largest absolute Gasteiger partial charge is 0.495 e. The predicted octanol–water partition coefficient (Wildman–Crippen LogP) is 2.08. The summed E-state index contributed by atoms with van der Waals surface area (Å²) in [6.45, 7) is 1.80. The summed E-state index contributed by atoms with van der Waals surface area (Å²) in [5.74, 6) is -1.39. The third kappa shape index (κ3) is 5.42. The number of hydrogen-bond donors (Lipinski definition) is 1. The number of Topliss-reactive ketones (excluding diaryl/α,β-unsaturated/α-hetero) is 1. The second kappa shape index (κ2) is 10.1. The summed E-state index contributed by atoms with van der Waals surface area (Å²) in [4.78, 5) is 23.9. The number of ketones is 1. The average Bonchev–Trinajstić information content (AvgIpc) is 2.78. The van der Waals surface area contributed by atoms with Crippen LogP contribution >= 0.6 is 0 Å². The summed E-state index contributed by atoms with van der Waals surface area (Å²) < 4.78 is 56.5. The van der Waals surface area contributed by atoms with Crippen molar-refractivity contribution in [3.63, 3.8) is 0 Å². The first-order valence-corrected chi connectivity index (χ1v) is 11.2. The number of rotatable bonds is 8. The first-order valence-electron chi connectivity index (χ1n) is 9.71. The molecule has 1 fully saturated rings. The van der Waals surface area contributed by atoms with E-state index in [1.165, 1.54) is 42.6 Å². The van der Waals surface area contributed by atoms with E-state index in [4.69, 9.17) is 14.2 Å². The highest BCUT2D eigenvalue weighted by atomic mass is 32.2. The van der Waals surface area contributed by atoms with Gasteiger partial charge in [0.2, 0.25) is 10.0 Å². The molecule has 0 unspecified atom stereocenters. The molecule has 0 aromatic heterocycles. The number of halogens is 1. The second-order valence-corrected chi connectivity index (χ2v) is 8.82. The van der Waals surface area contributed by atoms with Gasteiger partial charge >= 0.3 is 0 Å². The van der Waals surface area contributed by atoms with Gasteiger partial charge in [0.1, 0.15) is 22.2 Å².